The minimum absolute atomic E-state index is 0.217. The summed E-state index contributed by atoms with van der Waals surface area (Å²) in [5, 5.41) is 12.1. The highest BCUT2D eigenvalue weighted by Gasteiger charge is 2.04. The lowest BCUT2D eigenvalue weighted by Gasteiger charge is -2.16. The first-order valence-electron chi connectivity index (χ1n) is 5.85. The lowest BCUT2D eigenvalue weighted by Crippen LogP contribution is -2.31. The third-order valence-corrected chi connectivity index (χ3v) is 3.26. The van der Waals surface area contributed by atoms with E-state index in [4.69, 9.17) is 5.11 Å². The summed E-state index contributed by atoms with van der Waals surface area (Å²) in [6.45, 7) is 3.09. The van der Waals surface area contributed by atoms with E-state index in [1.165, 1.54) is 5.56 Å². The SMILES string of the molecule is CCC(CCc1ccc(Br)cc1)NCCO. The monoisotopic (exact) mass is 285 g/mol. The van der Waals surface area contributed by atoms with Crippen LogP contribution in [0.1, 0.15) is 25.3 Å². The van der Waals surface area contributed by atoms with Gasteiger partial charge in [-0.2, -0.15) is 0 Å². The summed E-state index contributed by atoms with van der Waals surface area (Å²) in [6.07, 6.45) is 3.32. The molecule has 0 fully saturated rings. The van der Waals surface area contributed by atoms with Gasteiger partial charge < -0.3 is 10.4 Å². The molecule has 0 aliphatic carbocycles. The van der Waals surface area contributed by atoms with Gasteiger partial charge in [0.25, 0.3) is 0 Å². The fraction of sp³-hybridized carbons (Fsp3) is 0.538. The minimum Gasteiger partial charge on any atom is -0.395 e. The Morgan fingerprint density at radius 3 is 2.56 bits per heavy atom. The van der Waals surface area contributed by atoms with Gasteiger partial charge in [-0.1, -0.05) is 35.0 Å². The summed E-state index contributed by atoms with van der Waals surface area (Å²) in [4.78, 5) is 0. The molecule has 0 bridgehead atoms. The first kappa shape index (κ1) is 13.7. The van der Waals surface area contributed by atoms with Crippen molar-refractivity contribution in [3.63, 3.8) is 0 Å². The summed E-state index contributed by atoms with van der Waals surface area (Å²) in [6, 6.07) is 8.98. The van der Waals surface area contributed by atoms with Gasteiger partial charge in [-0.25, -0.2) is 0 Å². The Labute approximate surface area is 106 Å². The van der Waals surface area contributed by atoms with Gasteiger partial charge in [0.05, 0.1) is 6.61 Å². The van der Waals surface area contributed by atoms with E-state index in [1.807, 2.05) is 0 Å². The third kappa shape index (κ3) is 5.10. The van der Waals surface area contributed by atoms with Crippen LogP contribution in [0, 0.1) is 0 Å². The average Bonchev–Trinajstić information content (AvgIpc) is 2.32. The number of hydrogen-bond donors (Lipinski definition) is 2. The Hall–Kier alpha value is -0.380. The predicted octanol–water partition coefficient (Wildman–Crippen LogP) is 2.74. The number of benzene rings is 1. The predicted molar refractivity (Wildman–Crippen MR) is 71.6 cm³/mol. The molecule has 0 amide bonds. The first-order chi connectivity index (χ1) is 7.76. The smallest absolute Gasteiger partial charge is 0.0556 e. The van der Waals surface area contributed by atoms with Crippen LogP contribution in [-0.4, -0.2) is 24.3 Å². The van der Waals surface area contributed by atoms with Crippen LogP contribution in [0.25, 0.3) is 0 Å². The van der Waals surface area contributed by atoms with Crippen molar-refractivity contribution in [2.75, 3.05) is 13.2 Å². The second-order valence-electron chi connectivity index (χ2n) is 3.95. The highest BCUT2D eigenvalue weighted by Crippen LogP contribution is 2.13. The quantitative estimate of drug-likeness (QED) is 0.808. The normalized spacial score (nSPS) is 12.7. The Kier molecular flexibility index (Phi) is 6.69. The standard InChI is InChI=1S/C13H20BrNO/c1-2-13(15-9-10-16)8-5-11-3-6-12(14)7-4-11/h3-4,6-7,13,15-16H,2,5,8-10H2,1H3. The highest BCUT2D eigenvalue weighted by atomic mass is 79.9. The van der Waals surface area contributed by atoms with Gasteiger partial charge in [-0.3, -0.25) is 0 Å². The van der Waals surface area contributed by atoms with Crippen LogP contribution in [0.15, 0.2) is 28.7 Å². The maximum Gasteiger partial charge on any atom is 0.0556 e. The minimum atomic E-state index is 0.217. The Morgan fingerprint density at radius 1 is 1.31 bits per heavy atom. The van der Waals surface area contributed by atoms with E-state index >= 15 is 0 Å². The molecular formula is C13H20BrNO. The molecule has 2 N–H and O–H groups in total. The van der Waals surface area contributed by atoms with Gasteiger partial charge >= 0.3 is 0 Å². The summed E-state index contributed by atoms with van der Waals surface area (Å²) in [5.74, 6) is 0. The zero-order valence-electron chi connectivity index (χ0n) is 9.75. The van der Waals surface area contributed by atoms with Gasteiger partial charge in [-0.05, 0) is 37.0 Å². The van der Waals surface area contributed by atoms with Crippen LogP contribution in [0.2, 0.25) is 0 Å². The first-order valence-corrected chi connectivity index (χ1v) is 6.64. The number of hydrogen-bond acceptors (Lipinski definition) is 2. The van der Waals surface area contributed by atoms with Crippen molar-refractivity contribution < 1.29 is 5.11 Å². The largest absolute Gasteiger partial charge is 0.395 e. The molecule has 0 heterocycles. The molecule has 0 aromatic heterocycles. The Bertz CT molecular complexity index is 286. The molecular weight excluding hydrogens is 266 g/mol. The molecule has 1 unspecified atom stereocenters. The van der Waals surface area contributed by atoms with Gasteiger partial charge in [-0.15, -0.1) is 0 Å². The van der Waals surface area contributed by atoms with Crippen LogP contribution in [0.5, 0.6) is 0 Å². The fourth-order valence-corrected chi connectivity index (χ4v) is 1.98. The lowest BCUT2D eigenvalue weighted by molar-refractivity contribution is 0.281. The van der Waals surface area contributed by atoms with Crippen molar-refractivity contribution in [1.82, 2.24) is 5.32 Å². The van der Waals surface area contributed by atoms with E-state index in [1.54, 1.807) is 0 Å². The molecule has 3 heteroatoms. The second kappa shape index (κ2) is 7.82. The number of nitrogens with one attached hydrogen (secondary N) is 1. The molecule has 1 aromatic carbocycles. The summed E-state index contributed by atoms with van der Waals surface area (Å²) in [7, 11) is 0. The molecule has 1 rings (SSSR count). The van der Waals surface area contributed by atoms with Gasteiger partial charge in [0, 0.05) is 17.1 Å². The maximum atomic E-state index is 8.76. The topological polar surface area (TPSA) is 32.3 Å². The fourth-order valence-electron chi connectivity index (χ4n) is 1.71. The molecule has 0 aliphatic heterocycles. The molecule has 2 nitrogen and oxygen atoms in total. The van der Waals surface area contributed by atoms with E-state index in [-0.39, 0.29) is 6.61 Å². The van der Waals surface area contributed by atoms with E-state index in [0.29, 0.717) is 12.6 Å². The van der Waals surface area contributed by atoms with Crippen molar-refractivity contribution in [1.29, 1.82) is 0 Å². The summed E-state index contributed by atoms with van der Waals surface area (Å²) < 4.78 is 1.13. The molecule has 0 radical (unpaired) electrons. The van der Waals surface area contributed by atoms with Gasteiger partial charge in [0.2, 0.25) is 0 Å². The number of halogens is 1. The van der Waals surface area contributed by atoms with Crippen molar-refractivity contribution >= 4 is 15.9 Å². The van der Waals surface area contributed by atoms with Crippen LogP contribution < -0.4 is 5.32 Å². The van der Waals surface area contributed by atoms with E-state index < -0.39 is 0 Å². The number of aliphatic hydroxyl groups is 1. The number of aryl methyl sites for hydroxylation is 1. The van der Waals surface area contributed by atoms with E-state index in [0.717, 1.165) is 23.7 Å². The molecule has 0 spiro atoms. The second-order valence-corrected chi connectivity index (χ2v) is 4.86. The van der Waals surface area contributed by atoms with Crippen molar-refractivity contribution in [2.24, 2.45) is 0 Å². The van der Waals surface area contributed by atoms with Crippen molar-refractivity contribution in [3.05, 3.63) is 34.3 Å². The lowest BCUT2D eigenvalue weighted by atomic mass is 10.0. The Morgan fingerprint density at radius 2 is 2.00 bits per heavy atom. The van der Waals surface area contributed by atoms with Gasteiger partial charge in [0.15, 0.2) is 0 Å². The average molecular weight is 286 g/mol. The molecule has 0 saturated carbocycles. The molecule has 0 saturated heterocycles. The molecule has 1 atom stereocenters. The molecule has 0 aliphatic rings. The van der Waals surface area contributed by atoms with Crippen LogP contribution in [-0.2, 0) is 6.42 Å². The van der Waals surface area contributed by atoms with Gasteiger partial charge in [0.1, 0.15) is 0 Å². The molecule has 90 valence electrons. The van der Waals surface area contributed by atoms with E-state index in [2.05, 4.69) is 52.4 Å². The summed E-state index contributed by atoms with van der Waals surface area (Å²) in [5.41, 5.74) is 1.37. The maximum absolute atomic E-state index is 8.76. The van der Waals surface area contributed by atoms with Crippen LogP contribution >= 0.6 is 15.9 Å². The number of aliphatic hydroxyl groups excluding tert-OH is 1. The zero-order valence-corrected chi connectivity index (χ0v) is 11.3. The third-order valence-electron chi connectivity index (χ3n) is 2.73. The van der Waals surface area contributed by atoms with Crippen LogP contribution in [0.3, 0.4) is 0 Å². The Balaban J connectivity index is 2.34. The van der Waals surface area contributed by atoms with Crippen molar-refractivity contribution in [3.8, 4) is 0 Å². The highest BCUT2D eigenvalue weighted by molar-refractivity contribution is 9.10. The van der Waals surface area contributed by atoms with E-state index in [9.17, 15) is 0 Å². The number of rotatable bonds is 7. The van der Waals surface area contributed by atoms with Crippen molar-refractivity contribution in [2.45, 2.75) is 32.2 Å². The molecule has 1 aromatic rings. The zero-order chi connectivity index (χ0) is 11.8. The summed E-state index contributed by atoms with van der Waals surface area (Å²) >= 11 is 3.43. The van der Waals surface area contributed by atoms with Crippen LogP contribution in [0.4, 0.5) is 0 Å². The molecule has 16 heavy (non-hydrogen) atoms.